The topological polar surface area (TPSA) is 32.3 Å². The van der Waals surface area contributed by atoms with Crippen molar-refractivity contribution in [1.82, 2.24) is 10.2 Å². The number of carbonyl (C=O) groups excluding carboxylic acids is 1. The van der Waals surface area contributed by atoms with Gasteiger partial charge >= 0.3 is 6.03 Å². The fraction of sp³-hybridized carbons (Fsp3) is 0.875. The van der Waals surface area contributed by atoms with Crippen LogP contribution in [0.3, 0.4) is 0 Å². The Morgan fingerprint density at radius 3 is 2.73 bits per heavy atom. The molecular weight excluding hydrogens is 140 g/mol. The molecule has 0 aromatic carbocycles. The number of hydrogen-bond donors (Lipinski definition) is 1. The Labute approximate surface area is 67.8 Å². The van der Waals surface area contributed by atoms with Crippen LogP contribution in [0.2, 0.25) is 0 Å². The molecule has 1 fully saturated rings. The minimum atomic E-state index is 0.0654. The summed E-state index contributed by atoms with van der Waals surface area (Å²) in [7, 11) is 1.83. The first kappa shape index (κ1) is 8.37. The fourth-order valence-corrected chi connectivity index (χ4v) is 1.45. The molecule has 0 saturated carbocycles. The molecule has 3 nitrogen and oxygen atoms in total. The van der Waals surface area contributed by atoms with E-state index in [-0.39, 0.29) is 6.03 Å². The summed E-state index contributed by atoms with van der Waals surface area (Å²) in [6, 6.07) is 0.433. The summed E-state index contributed by atoms with van der Waals surface area (Å²) in [5.74, 6) is 0.659. The number of nitrogens with zero attached hydrogens (tertiary/aromatic N) is 1. The van der Waals surface area contributed by atoms with E-state index in [2.05, 4.69) is 19.2 Å². The predicted molar refractivity (Wildman–Crippen MR) is 44.4 cm³/mol. The van der Waals surface area contributed by atoms with Gasteiger partial charge in [0, 0.05) is 19.6 Å². The summed E-state index contributed by atoms with van der Waals surface area (Å²) in [5, 5.41) is 2.92. The van der Waals surface area contributed by atoms with E-state index in [0.717, 1.165) is 13.0 Å². The molecular formula is C8H16N2O. The van der Waals surface area contributed by atoms with Gasteiger partial charge in [0.15, 0.2) is 0 Å². The van der Waals surface area contributed by atoms with E-state index in [1.807, 2.05) is 7.05 Å². The monoisotopic (exact) mass is 156 g/mol. The number of amides is 2. The van der Waals surface area contributed by atoms with Gasteiger partial charge in [-0.25, -0.2) is 4.79 Å². The maximum atomic E-state index is 11.0. The van der Waals surface area contributed by atoms with Crippen LogP contribution in [-0.4, -0.2) is 30.6 Å². The minimum absolute atomic E-state index is 0.0654. The predicted octanol–water partition coefficient (Wildman–Crippen LogP) is 1.06. The van der Waals surface area contributed by atoms with Crippen molar-refractivity contribution in [3.05, 3.63) is 0 Å². The van der Waals surface area contributed by atoms with Crippen molar-refractivity contribution in [2.75, 3.05) is 13.6 Å². The van der Waals surface area contributed by atoms with Gasteiger partial charge in [-0.2, -0.15) is 0 Å². The molecule has 3 heteroatoms. The highest BCUT2D eigenvalue weighted by atomic mass is 16.2. The van der Waals surface area contributed by atoms with E-state index in [0.29, 0.717) is 12.0 Å². The molecule has 1 atom stereocenters. The first-order chi connectivity index (χ1) is 5.09. The lowest BCUT2D eigenvalue weighted by atomic mass is 10.0. The van der Waals surface area contributed by atoms with E-state index in [1.54, 1.807) is 4.90 Å². The molecule has 1 N–H and O–H groups in total. The van der Waals surface area contributed by atoms with Crippen LogP contribution in [0.15, 0.2) is 0 Å². The second kappa shape index (κ2) is 3.11. The van der Waals surface area contributed by atoms with Crippen LogP contribution >= 0.6 is 0 Å². The summed E-state index contributed by atoms with van der Waals surface area (Å²) in [6.45, 7) is 5.20. The maximum absolute atomic E-state index is 11.0. The summed E-state index contributed by atoms with van der Waals surface area (Å²) < 4.78 is 0. The Bertz CT molecular complexity index is 156. The van der Waals surface area contributed by atoms with Gasteiger partial charge in [-0.15, -0.1) is 0 Å². The molecule has 1 aliphatic rings. The SMILES string of the molecule is CC(C)CC1CN(C)C(=O)N1. The van der Waals surface area contributed by atoms with E-state index in [1.165, 1.54) is 0 Å². The molecule has 1 saturated heterocycles. The van der Waals surface area contributed by atoms with Gasteiger partial charge in [0.1, 0.15) is 0 Å². The molecule has 64 valence electrons. The minimum Gasteiger partial charge on any atom is -0.333 e. The zero-order valence-electron chi connectivity index (χ0n) is 7.42. The molecule has 1 rings (SSSR count). The molecule has 0 aromatic heterocycles. The molecule has 0 spiro atoms. The van der Waals surface area contributed by atoms with Crippen molar-refractivity contribution in [2.24, 2.45) is 5.92 Å². The zero-order valence-corrected chi connectivity index (χ0v) is 7.42. The van der Waals surface area contributed by atoms with Crippen LogP contribution in [0.4, 0.5) is 4.79 Å². The lowest BCUT2D eigenvalue weighted by Crippen LogP contribution is -2.27. The van der Waals surface area contributed by atoms with Crippen LogP contribution < -0.4 is 5.32 Å². The number of carbonyl (C=O) groups is 1. The van der Waals surface area contributed by atoms with Crippen LogP contribution in [-0.2, 0) is 0 Å². The average Bonchev–Trinajstić information content (AvgIpc) is 2.10. The normalized spacial score (nSPS) is 24.5. The number of likely N-dealkylation sites (N-methyl/N-ethyl adjacent to an activating group) is 1. The third kappa shape index (κ3) is 2.10. The Morgan fingerprint density at radius 1 is 1.73 bits per heavy atom. The molecule has 1 heterocycles. The van der Waals surface area contributed by atoms with E-state index >= 15 is 0 Å². The highest BCUT2D eigenvalue weighted by Gasteiger charge is 2.25. The number of rotatable bonds is 2. The third-order valence-electron chi connectivity index (χ3n) is 1.92. The van der Waals surface area contributed by atoms with Crippen molar-refractivity contribution < 1.29 is 4.79 Å². The Morgan fingerprint density at radius 2 is 2.36 bits per heavy atom. The first-order valence-corrected chi connectivity index (χ1v) is 4.11. The number of urea groups is 1. The van der Waals surface area contributed by atoms with Crippen molar-refractivity contribution in [2.45, 2.75) is 26.3 Å². The Kier molecular flexibility index (Phi) is 2.37. The highest BCUT2D eigenvalue weighted by molar-refractivity contribution is 5.76. The number of hydrogen-bond acceptors (Lipinski definition) is 1. The second-order valence-corrected chi connectivity index (χ2v) is 3.66. The van der Waals surface area contributed by atoms with Gasteiger partial charge in [-0.05, 0) is 12.3 Å². The zero-order chi connectivity index (χ0) is 8.43. The first-order valence-electron chi connectivity index (χ1n) is 4.11. The lowest BCUT2D eigenvalue weighted by Gasteiger charge is -2.10. The maximum Gasteiger partial charge on any atom is 0.317 e. The molecule has 0 radical (unpaired) electrons. The summed E-state index contributed by atoms with van der Waals surface area (Å²) in [4.78, 5) is 12.7. The molecule has 0 bridgehead atoms. The Balaban J connectivity index is 2.35. The van der Waals surface area contributed by atoms with E-state index < -0.39 is 0 Å². The fourth-order valence-electron chi connectivity index (χ4n) is 1.45. The van der Waals surface area contributed by atoms with Gasteiger partial charge in [0.25, 0.3) is 0 Å². The van der Waals surface area contributed by atoms with Crippen LogP contribution in [0.5, 0.6) is 0 Å². The van der Waals surface area contributed by atoms with Crippen LogP contribution in [0.25, 0.3) is 0 Å². The van der Waals surface area contributed by atoms with Crippen molar-refractivity contribution in [3.8, 4) is 0 Å². The van der Waals surface area contributed by atoms with Gasteiger partial charge in [0.2, 0.25) is 0 Å². The third-order valence-corrected chi connectivity index (χ3v) is 1.92. The quantitative estimate of drug-likeness (QED) is 0.637. The smallest absolute Gasteiger partial charge is 0.317 e. The van der Waals surface area contributed by atoms with Crippen molar-refractivity contribution in [1.29, 1.82) is 0 Å². The molecule has 0 aromatic rings. The van der Waals surface area contributed by atoms with Gasteiger partial charge < -0.3 is 10.2 Å². The van der Waals surface area contributed by atoms with Crippen molar-refractivity contribution in [3.63, 3.8) is 0 Å². The summed E-state index contributed by atoms with van der Waals surface area (Å²) >= 11 is 0. The summed E-state index contributed by atoms with van der Waals surface area (Å²) in [6.07, 6.45) is 1.08. The Hall–Kier alpha value is -0.730. The van der Waals surface area contributed by atoms with Gasteiger partial charge in [-0.1, -0.05) is 13.8 Å². The largest absolute Gasteiger partial charge is 0.333 e. The number of nitrogens with one attached hydrogen (secondary N) is 1. The van der Waals surface area contributed by atoms with E-state index in [4.69, 9.17) is 0 Å². The average molecular weight is 156 g/mol. The second-order valence-electron chi connectivity index (χ2n) is 3.66. The molecule has 11 heavy (non-hydrogen) atoms. The van der Waals surface area contributed by atoms with Crippen LogP contribution in [0.1, 0.15) is 20.3 Å². The lowest BCUT2D eigenvalue weighted by molar-refractivity contribution is 0.226. The highest BCUT2D eigenvalue weighted by Crippen LogP contribution is 2.10. The molecule has 2 amide bonds. The molecule has 1 unspecified atom stereocenters. The summed E-state index contributed by atoms with van der Waals surface area (Å²) in [5.41, 5.74) is 0. The van der Waals surface area contributed by atoms with Crippen molar-refractivity contribution >= 4 is 6.03 Å². The molecule has 0 aliphatic carbocycles. The van der Waals surface area contributed by atoms with Gasteiger partial charge in [0.05, 0.1) is 0 Å². The van der Waals surface area contributed by atoms with E-state index in [9.17, 15) is 4.79 Å². The standard InChI is InChI=1S/C8H16N2O/c1-6(2)4-7-5-10(3)8(11)9-7/h6-7H,4-5H2,1-3H3,(H,9,11). The molecule has 1 aliphatic heterocycles. The van der Waals surface area contributed by atoms with Crippen LogP contribution in [0, 0.1) is 5.92 Å². The van der Waals surface area contributed by atoms with Gasteiger partial charge in [-0.3, -0.25) is 0 Å².